The Balaban J connectivity index is 1.60. The van der Waals surface area contributed by atoms with Gasteiger partial charge in [-0.25, -0.2) is 9.78 Å². The average Bonchev–Trinajstić information content (AvgIpc) is 3.27. The number of ether oxygens (including phenoxy) is 2. The summed E-state index contributed by atoms with van der Waals surface area (Å²) < 4.78 is 13.1. The molecule has 0 radical (unpaired) electrons. The van der Waals surface area contributed by atoms with Gasteiger partial charge in [0.1, 0.15) is 10.6 Å². The molecule has 0 bridgehead atoms. The van der Waals surface area contributed by atoms with E-state index in [9.17, 15) is 4.79 Å². The van der Waals surface area contributed by atoms with Crippen LogP contribution in [0.2, 0.25) is 0 Å². The maximum Gasteiger partial charge on any atom is 0.349 e. The van der Waals surface area contributed by atoms with Crippen LogP contribution in [0.3, 0.4) is 0 Å². The van der Waals surface area contributed by atoms with E-state index in [0.717, 1.165) is 32.8 Å². The third-order valence-electron chi connectivity index (χ3n) is 5.23. The van der Waals surface area contributed by atoms with Crippen LogP contribution in [-0.2, 0) is 17.8 Å². The summed E-state index contributed by atoms with van der Waals surface area (Å²) in [5.74, 6) is 1.80. The Labute approximate surface area is 177 Å². The van der Waals surface area contributed by atoms with Gasteiger partial charge in [-0.3, -0.25) is 4.98 Å². The van der Waals surface area contributed by atoms with Gasteiger partial charge < -0.3 is 9.47 Å². The van der Waals surface area contributed by atoms with E-state index >= 15 is 0 Å². The Morgan fingerprint density at radius 3 is 2.80 bits per heavy atom. The zero-order valence-electron chi connectivity index (χ0n) is 17.5. The summed E-state index contributed by atoms with van der Waals surface area (Å²) in [6, 6.07) is 7.68. The number of rotatable bonds is 4. The largest absolute Gasteiger partial charge is 0.493 e. The van der Waals surface area contributed by atoms with Crippen molar-refractivity contribution >= 4 is 27.2 Å². The van der Waals surface area contributed by atoms with Gasteiger partial charge in [-0.15, -0.1) is 16.4 Å². The van der Waals surface area contributed by atoms with E-state index < -0.39 is 0 Å². The molecule has 30 heavy (non-hydrogen) atoms. The summed E-state index contributed by atoms with van der Waals surface area (Å²) in [5, 5.41) is 5.47. The summed E-state index contributed by atoms with van der Waals surface area (Å²) in [6.45, 7) is 9.62. The normalized spacial score (nSPS) is 15.8. The number of benzene rings is 1. The summed E-state index contributed by atoms with van der Waals surface area (Å²) in [7, 11) is 0. The van der Waals surface area contributed by atoms with E-state index in [1.807, 2.05) is 24.3 Å². The molecule has 8 heteroatoms. The number of fused-ring (bicyclic) bond motifs is 5. The number of aromatic nitrogens is 4. The minimum Gasteiger partial charge on any atom is -0.493 e. The van der Waals surface area contributed by atoms with Crippen LogP contribution < -0.4 is 10.4 Å². The smallest absolute Gasteiger partial charge is 0.349 e. The minimum absolute atomic E-state index is 0.247. The van der Waals surface area contributed by atoms with Gasteiger partial charge in [0.2, 0.25) is 0 Å². The monoisotopic (exact) mass is 424 g/mol. The molecule has 0 fully saturated rings. The molecule has 0 amide bonds. The molecule has 3 aromatic heterocycles. The van der Waals surface area contributed by atoms with Gasteiger partial charge in [-0.05, 0) is 49.6 Å². The highest BCUT2D eigenvalue weighted by Crippen LogP contribution is 2.39. The zero-order chi connectivity index (χ0) is 21.0. The molecular formula is C22H24N4O3S. The summed E-state index contributed by atoms with van der Waals surface area (Å²) >= 11 is 1.57. The molecule has 4 aromatic rings. The maximum atomic E-state index is 12.6. The Morgan fingerprint density at radius 2 is 2.07 bits per heavy atom. The lowest BCUT2D eigenvalue weighted by molar-refractivity contribution is -0.0379. The van der Waals surface area contributed by atoms with Crippen molar-refractivity contribution in [3.63, 3.8) is 0 Å². The molecule has 1 N–H and O–H groups in total. The number of H-pyrrole nitrogens is 1. The molecule has 1 aliphatic heterocycles. The van der Waals surface area contributed by atoms with Gasteiger partial charge in [-0.1, -0.05) is 13.8 Å². The van der Waals surface area contributed by atoms with Crippen LogP contribution in [0.5, 0.6) is 5.75 Å². The molecule has 0 saturated carbocycles. The number of aromatic amines is 1. The second-order valence-electron chi connectivity index (χ2n) is 8.76. The van der Waals surface area contributed by atoms with Crippen molar-refractivity contribution in [1.29, 1.82) is 0 Å². The molecule has 5 rings (SSSR count). The van der Waals surface area contributed by atoms with Crippen molar-refractivity contribution in [1.82, 2.24) is 19.6 Å². The fourth-order valence-electron chi connectivity index (χ4n) is 3.73. The van der Waals surface area contributed by atoms with Crippen LogP contribution >= 0.6 is 11.3 Å². The molecule has 1 aromatic carbocycles. The van der Waals surface area contributed by atoms with E-state index in [1.165, 1.54) is 10.1 Å². The van der Waals surface area contributed by atoms with Crippen LogP contribution in [0.15, 0.2) is 29.1 Å². The van der Waals surface area contributed by atoms with Gasteiger partial charge in [0.25, 0.3) is 0 Å². The number of hydrogen-bond donors (Lipinski definition) is 1. The van der Waals surface area contributed by atoms with Gasteiger partial charge in [-0.2, -0.15) is 4.52 Å². The van der Waals surface area contributed by atoms with Crippen molar-refractivity contribution in [3.8, 4) is 17.1 Å². The first-order valence-electron chi connectivity index (χ1n) is 10.1. The van der Waals surface area contributed by atoms with E-state index in [1.54, 1.807) is 11.3 Å². The lowest BCUT2D eigenvalue weighted by atomic mass is 9.94. The Morgan fingerprint density at radius 1 is 1.30 bits per heavy atom. The van der Waals surface area contributed by atoms with E-state index in [4.69, 9.17) is 14.5 Å². The molecular weight excluding hydrogens is 400 g/mol. The van der Waals surface area contributed by atoms with Gasteiger partial charge in [0.15, 0.2) is 11.5 Å². The van der Waals surface area contributed by atoms with Gasteiger partial charge in [0.05, 0.1) is 24.2 Å². The van der Waals surface area contributed by atoms with E-state index in [0.29, 0.717) is 30.6 Å². The molecule has 1 aliphatic rings. The molecule has 7 nitrogen and oxygen atoms in total. The SMILES string of the molecule is CC(C)COc1ccc(-c2nc3c4c5c(sc4[nH]c(=O)n3n2)COC(C)(C)C5)cc1. The Hall–Kier alpha value is -2.71. The summed E-state index contributed by atoms with van der Waals surface area (Å²) in [5.41, 5.74) is 2.11. The fourth-order valence-corrected chi connectivity index (χ4v) is 4.85. The first-order valence-corrected chi connectivity index (χ1v) is 10.9. The van der Waals surface area contributed by atoms with Crippen LogP contribution in [0.25, 0.3) is 27.3 Å². The minimum atomic E-state index is -0.285. The number of nitrogens with zero attached hydrogens (tertiary/aromatic N) is 3. The number of nitrogens with one attached hydrogen (secondary N) is 1. The Bertz CT molecular complexity index is 1300. The Kier molecular flexibility index (Phi) is 4.44. The van der Waals surface area contributed by atoms with Crippen molar-refractivity contribution in [2.24, 2.45) is 5.92 Å². The summed E-state index contributed by atoms with van der Waals surface area (Å²) in [6.07, 6.45) is 0.772. The van der Waals surface area contributed by atoms with Crippen LogP contribution in [0, 0.1) is 5.92 Å². The van der Waals surface area contributed by atoms with E-state index in [-0.39, 0.29) is 11.3 Å². The quantitative estimate of drug-likeness (QED) is 0.531. The van der Waals surface area contributed by atoms with Crippen molar-refractivity contribution in [2.75, 3.05) is 6.61 Å². The maximum absolute atomic E-state index is 12.6. The third kappa shape index (κ3) is 3.30. The molecule has 156 valence electrons. The van der Waals surface area contributed by atoms with Crippen LogP contribution in [0.1, 0.15) is 38.1 Å². The standard InChI is InChI=1S/C22H24N4O3S/c1-12(2)10-28-14-7-5-13(6-8-14)18-23-19-17-15-9-22(3,4)29-11-16(15)30-20(17)24-21(27)26(19)25-18/h5-8,12H,9-11H2,1-4H3,(H,24,27). The van der Waals surface area contributed by atoms with E-state index in [2.05, 4.69) is 37.8 Å². The van der Waals surface area contributed by atoms with Gasteiger partial charge in [0, 0.05) is 16.9 Å². The number of thiophene rings is 1. The zero-order valence-corrected chi connectivity index (χ0v) is 18.3. The highest BCUT2D eigenvalue weighted by Gasteiger charge is 2.31. The topological polar surface area (TPSA) is 81.5 Å². The van der Waals surface area contributed by atoms with Crippen LogP contribution in [-0.4, -0.2) is 31.8 Å². The molecule has 0 saturated heterocycles. The molecule has 4 heterocycles. The predicted molar refractivity (Wildman–Crippen MR) is 117 cm³/mol. The average molecular weight is 425 g/mol. The molecule has 0 atom stereocenters. The predicted octanol–water partition coefficient (Wildman–Crippen LogP) is 4.19. The molecule has 0 unspecified atom stereocenters. The molecule has 0 aliphatic carbocycles. The third-order valence-corrected chi connectivity index (χ3v) is 6.35. The first kappa shape index (κ1) is 19.3. The second-order valence-corrected chi connectivity index (χ2v) is 9.87. The lowest BCUT2D eigenvalue weighted by Gasteiger charge is -2.30. The number of hydrogen-bond acceptors (Lipinski definition) is 6. The first-order chi connectivity index (χ1) is 14.3. The van der Waals surface area contributed by atoms with Crippen molar-refractivity contribution < 1.29 is 9.47 Å². The van der Waals surface area contributed by atoms with Crippen molar-refractivity contribution in [2.45, 2.75) is 46.3 Å². The highest BCUT2D eigenvalue weighted by atomic mass is 32.1. The van der Waals surface area contributed by atoms with Crippen molar-refractivity contribution in [3.05, 3.63) is 45.2 Å². The highest BCUT2D eigenvalue weighted by molar-refractivity contribution is 7.19. The molecule has 0 spiro atoms. The fraction of sp³-hybridized carbons (Fsp3) is 0.409. The summed E-state index contributed by atoms with van der Waals surface area (Å²) in [4.78, 5) is 22.3. The van der Waals surface area contributed by atoms with Gasteiger partial charge >= 0.3 is 5.69 Å². The van der Waals surface area contributed by atoms with Crippen LogP contribution in [0.4, 0.5) is 0 Å². The second kappa shape index (κ2) is 6.92. The lowest BCUT2D eigenvalue weighted by Crippen LogP contribution is -2.31.